The van der Waals surface area contributed by atoms with Crippen molar-refractivity contribution in [2.75, 3.05) is 0 Å². The molecule has 0 amide bonds. The molecule has 3 aromatic rings. The molecule has 1 heterocycles. The van der Waals surface area contributed by atoms with Gasteiger partial charge in [-0.05, 0) is 73.2 Å². The third-order valence-corrected chi connectivity index (χ3v) is 7.61. The summed E-state index contributed by atoms with van der Waals surface area (Å²) < 4.78 is 5.59. The maximum absolute atomic E-state index is 12.8. The molecule has 0 spiro atoms. The lowest BCUT2D eigenvalue weighted by atomic mass is 9.99. The van der Waals surface area contributed by atoms with Crippen molar-refractivity contribution in [3.63, 3.8) is 0 Å². The van der Waals surface area contributed by atoms with E-state index in [1.807, 2.05) is 30.6 Å². The molecule has 5 nitrogen and oxygen atoms in total. The van der Waals surface area contributed by atoms with E-state index in [4.69, 9.17) is 4.74 Å². The quantitative estimate of drug-likeness (QED) is 0.0839. The van der Waals surface area contributed by atoms with E-state index < -0.39 is 5.97 Å². The second kappa shape index (κ2) is 18.8. The monoisotopic (exact) mass is 553 g/mol. The Balaban J connectivity index is 1.46. The van der Waals surface area contributed by atoms with Crippen molar-refractivity contribution in [3.8, 4) is 23.2 Å². The van der Waals surface area contributed by atoms with Crippen molar-refractivity contribution < 1.29 is 9.53 Å². The SMILES string of the molecule is CCCCCCCCCc1cnc(-c2ccc(OC(=O)c3ccc(CCCCCCCCC)c(C#N)c3)cc2)nc1. The maximum atomic E-state index is 12.8. The highest BCUT2D eigenvalue weighted by atomic mass is 16.5. The van der Waals surface area contributed by atoms with E-state index in [1.54, 1.807) is 24.3 Å². The summed E-state index contributed by atoms with van der Waals surface area (Å²) >= 11 is 0. The van der Waals surface area contributed by atoms with Crippen LogP contribution in [0.3, 0.4) is 0 Å². The van der Waals surface area contributed by atoms with Crippen LogP contribution in [0.5, 0.6) is 5.75 Å². The molecule has 41 heavy (non-hydrogen) atoms. The number of nitrogens with zero attached hydrogens (tertiary/aromatic N) is 3. The van der Waals surface area contributed by atoms with Gasteiger partial charge in [0.05, 0.1) is 17.2 Å². The Morgan fingerprint density at radius 2 is 1.29 bits per heavy atom. The van der Waals surface area contributed by atoms with Gasteiger partial charge in [0.15, 0.2) is 5.82 Å². The number of ether oxygens (including phenoxy) is 1. The Labute approximate surface area is 247 Å². The van der Waals surface area contributed by atoms with Crippen molar-refractivity contribution in [2.45, 2.75) is 117 Å². The molecule has 0 saturated heterocycles. The largest absolute Gasteiger partial charge is 0.423 e. The predicted molar refractivity (Wildman–Crippen MR) is 167 cm³/mol. The van der Waals surface area contributed by atoms with Crippen LogP contribution in [-0.4, -0.2) is 15.9 Å². The standard InChI is InChI=1S/C36H47N3O2/c1-3-5-7-9-11-13-15-17-29-27-38-35(39-28-29)31-21-23-34(24-22-31)41-36(40)32-20-19-30(33(25-32)26-37)18-16-14-12-10-8-6-4-2/h19-25,27-28H,3-18H2,1-2H3. The highest BCUT2D eigenvalue weighted by Gasteiger charge is 2.13. The van der Waals surface area contributed by atoms with Crippen LogP contribution in [0.2, 0.25) is 0 Å². The summed E-state index contributed by atoms with van der Waals surface area (Å²) in [7, 11) is 0. The van der Waals surface area contributed by atoms with Crippen molar-refractivity contribution in [1.82, 2.24) is 9.97 Å². The number of hydrogen-bond donors (Lipinski definition) is 0. The zero-order valence-electron chi connectivity index (χ0n) is 25.2. The number of unbranched alkanes of at least 4 members (excludes halogenated alkanes) is 12. The molecular formula is C36H47N3O2. The Morgan fingerprint density at radius 3 is 1.88 bits per heavy atom. The molecule has 0 fully saturated rings. The molecule has 0 N–H and O–H groups in total. The summed E-state index contributed by atoms with van der Waals surface area (Å²) in [5, 5.41) is 9.65. The molecule has 5 heteroatoms. The molecular weight excluding hydrogens is 506 g/mol. The number of nitriles is 1. The lowest BCUT2D eigenvalue weighted by Crippen LogP contribution is -2.09. The predicted octanol–water partition coefficient (Wildman–Crippen LogP) is 9.82. The molecule has 0 aliphatic rings. The van der Waals surface area contributed by atoms with Crippen molar-refractivity contribution in [3.05, 3.63) is 77.1 Å². The van der Waals surface area contributed by atoms with Gasteiger partial charge in [-0.1, -0.05) is 97.0 Å². The fourth-order valence-corrected chi connectivity index (χ4v) is 5.06. The topological polar surface area (TPSA) is 75.9 Å². The average molecular weight is 554 g/mol. The minimum atomic E-state index is -0.470. The molecule has 2 aromatic carbocycles. The minimum Gasteiger partial charge on any atom is -0.423 e. The summed E-state index contributed by atoms with van der Waals surface area (Å²) in [5.74, 6) is 0.629. The van der Waals surface area contributed by atoms with Crippen molar-refractivity contribution in [2.24, 2.45) is 0 Å². The van der Waals surface area contributed by atoms with Gasteiger partial charge in [0.1, 0.15) is 5.75 Å². The summed E-state index contributed by atoms with van der Waals surface area (Å²) in [6, 6.07) is 14.8. The van der Waals surface area contributed by atoms with E-state index in [2.05, 4.69) is 29.9 Å². The second-order valence-corrected chi connectivity index (χ2v) is 11.1. The van der Waals surface area contributed by atoms with Gasteiger partial charge in [0.25, 0.3) is 0 Å². The number of aryl methyl sites for hydroxylation is 2. The minimum absolute atomic E-state index is 0.383. The number of esters is 1. The van der Waals surface area contributed by atoms with E-state index in [9.17, 15) is 10.1 Å². The zero-order valence-corrected chi connectivity index (χ0v) is 25.2. The van der Waals surface area contributed by atoms with Gasteiger partial charge >= 0.3 is 5.97 Å². The Hall–Kier alpha value is -3.52. The molecule has 0 atom stereocenters. The van der Waals surface area contributed by atoms with Crippen LogP contribution >= 0.6 is 0 Å². The van der Waals surface area contributed by atoms with Crippen LogP contribution < -0.4 is 4.74 Å². The second-order valence-electron chi connectivity index (χ2n) is 11.1. The average Bonchev–Trinajstić information content (AvgIpc) is 3.01. The molecule has 0 aliphatic heterocycles. The van der Waals surface area contributed by atoms with E-state index in [0.29, 0.717) is 22.7 Å². The first-order valence-electron chi connectivity index (χ1n) is 15.8. The fourth-order valence-electron chi connectivity index (χ4n) is 5.06. The third kappa shape index (κ3) is 11.5. The van der Waals surface area contributed by atoms with E-state index in [1.165, 1.54) is 83.5 Å². The normalized spacial score (nSPS) is 10.9. The molecule has 0 aliphatic carbocycles. The van der Waals surface area contributed by atoms with Gasteiger partial charge in [0.2, 0.25) is 0 Å². The van der Waals surface area contributed by atoms with Crippen LogP contribution in [0.1, 0.15) is 131 Å². The number of rotatable bonds is 19. The molecule has 3 rings (SSSR count). The summed E-state index contributed by atoms with van der Waals surface area (Å²) in [6.07, 6.45) is 23.4. The highest BCUT2D eigenvalue weighted by Crippen LogP contribution is 2.22. The zero-order chi connectivity index (χ0) is 29.1. The summed E-state index contributed by atoms with van der Waals surface area (Å²) in [5.41, 5.74) is 3.96. The summed E-state index contributed by atoms with van der Waals surface area (Å²) in [4.78, 5) is 21.9. The van der Waals surface area contributed by atoms with Gasteiger partial charge in [-0.15, -0.1) is 0 Å². The smallest absolute Gasteiger partial charge is 0.343 e. The van der Waals surface area contributed by atoms with Crippen LogP contribution in [0.15, 0.2) is 54.9 Å². The van der Waals surface area contributed by atoms with Gasteiger partial charge in [-0.2, -0.15) is 5.26 Å². The van der Waals surface area contributed by atoms with Crippen LogP contribution in [-0.2, 0) is 12.8 Å². The van der Waals surface area contributed by atoms with E-state index in [-0.39, 0.29) is 0 Å². The first-order chi connectivity index (χ1) is 20.1. The summed E-state index contributed by atoms with van der Waals surface area (Å²) in [6.45, 7) is 4.48. The van der Waals surface area contributed by atoms with Crippen molar-refractivity contribution >= 4 is 5.97 Å². The molecule has 0 bridgehead atoms. The molecule has 0 unspecified atom stereocenters. The lowest BCUT2D eigenvalue weighted by molar-refractivity contribution is 0.0734. The number of carbonyl (C=O) groups is 1. The van der Waals surface area contributed by atoms with Crippen LogP contribution in [0, 0.1) is 11.3 Å². The van der Waals surface area contributed by atoms with Gasteiger partial charge in [0, 0.05) is 18.0 Å². The van der Waals surface area contributed by atoms with Gasteiger partial charge in [-0.25, -0.2) is 14.8 Å². The van der Waals surface area contributed by atoms with E-state index >= 15 is 0 Å². The Morgan fingerprint density at radius 1 is 0.732 bits per heavy atom. The van der Waals surface area contributed by atoms with Crippen molar-refractivity contribution in [1.29, 1.82) is 5.26 Å². The Bertz CT molecular complexity index is 1210. The maximum Gasteiger partial charge on any atom is 0.343 e. The Kier molecular flexibility index (Phi) is 14.6. The molecule has 0 saturated carbocycles. The molecule has 1 aromatic heterocycles. The molecule has 218 valence electrons. The van der Waals surface area contributed by atoms with Gasteiger partial charge < -0.3 is 4.74 Å². The lowest BCUT2D eigenvalue weighted by Gasteiger charge is -2.09. The third-order valence-electron chi connectivity index (χ3n) is 7.61. The van der Waals surface area contributed by atoms with Crippen LogP contribution in [0.4, 0.5) is 0 Å². The van der Waals surface area contributed by atoms with E-state index in [0.717, 1.165) is 36.0 Å². The van der Waals surface area contributed by atoms with Crippen LogP contribution in [0.25, 0.3) is 11.4 Å². The number of benzene rings is 2. The first-order valence-corrected chi connectivity index (χ1v) is 15.8. The molecule has 0 radical (unpaired) electrons. The number of carbonyl (C=O) groups excluding carboxylic acids is 1. The number of aromatic nitrogens is 2. The highest BCUT2D eigenvalue weighted by molar-refractivity contribution is 5.91. The number of hydrogen-bond acceptors (Lipinski definition) is 5. The van der Waals surface area contributed by atoms with Gasteiger partial charge in [-0.3, -0.25) is 0 Å². The first kappa shape index (κ1) is 32.0. The fraction of sp³-hybridized carbons (Fsp3) is 0.500.